The van der Waals surface area contributed by atoms with Gasteiger partial charge in [0.1, 0.15) is 0 Å². The highest BCUT2D eigenvalue weighted by Crippen LogP contribution is 2.17. The average molecular weight is 304 g/mol. The van der Waals surface area contributed by atoms with Crippen LogP contribution in [0.3, 0.4) is 0 Å². The smallest absolute Gasteiger partial charge is 0.307 e. The van der Waals surface area contributed by atoms with E-state index in [0.717, 1.165) is 5.75 Å². The molecule has 0 aliphatic rings. The van der Waals surface area contributed by atoms with E-state index in [2.05, 4.69) is 20.0 Å². The van der Waals surface area contributed by atoms with Crippen LogP contribution in [0.1, 0.15) is 23.8 Å². The molecule has 0 bridgehead atoms. The third-order valence-corrected chi connectivity index (χ3v) is 3.07. The van der Waals surface area contributed by atoms with Crippen molar-refractivity contribution in [2.45, 2.75) is 18.5 Å². The van der Waals surface area contributed by atoms with Crippen molar-refractivity contribution in [3.63, 3.8) is 0 Å². The second-order valence-corrected chi connectivity index (χ2v) is 5.00. The number of nitrogens with one attached hydrogen (secondary N) is 1. The molecule has 1 rings (SSSR count). The van der Waals surface area contributed by atoms with Gasteiger partial charge in [-0.05, 0) is 5.75 Å². The van der Waals surface area contributed by atoms with Gasteiger partial charge < -0.3 is 10.1 Å². The van der Waals surface area contributed by atoms with Gasteiger partial charge in [-0.25, -0.2) is 9.97 Å². The molecule has 0 saturated heterocycles. The molecule has 1 amide bonds. The minimum Gasteiger partial charge on any atom is -0.469 e. The Labute approximate surface area is 120 Å². The first kappa shape index (κ1) is 15.7. The Morgan fingerprint density at radius 2 is 2.26 bits per heavy atom. The Kier molecular flexibility index (Phi) is 6.58. The Morgan fingerprint density at radius 1 is 1.53 bits per heavy atom. The minimum atomic E-state index is -0.436. The van der Waals surface area contributed by atoms with Crippen LogP contribution in [-0.4, -0.2) is 41.3 Å². The average Bonchev–Trinajstić information content (AvgIpc) is 2.40. The van der Waals surface area contributed by atoms with Gasteiger partial charge in [0.25, 0.3) is 5.91 Å². The van der Waals surface area contributed by atoms with Crippen LogP contribution in [0.4, 0.5) is 0 Å². The number of carbonyl (C=O) groups excluding carboxylic acids is 2. The summed E-state index contributed by atoms with van der Waals surface area (Å²) in [5.41, 5.74) is 0.109. The fourth-order valence-corrected chi connectivity index (χ4v) is 1.89. The molecule has 1 aromatic rings. The van der Waals surface area contributed by atoms with Gasteiger partial charge in [0.2, 0.25) is 0 Å². The third kappa shape index (κ3) is 5.04. The van der Waals surface area contributed by atoms with Crippen molar-refractivity contribution in [3.05, 3.63) is 16.9 Å². The molecule has 0 saturated carbocycles. The summed E-state index contributed by atoms with van der Waals surface area (Å²) in [5.74, 6) is -0.0315. The lowest BCUT2D eigenvalue weighted by Crippen LogP contribution is -2.27. The fourth-order valence-electron chi connectivity index (χ4n) is 1.17. The zero-order valence-corrected chi connectivity index (χ0v) is 12.2. The van der Waals surface area contributed by atoms with Gasteiger partial charge in [0, 0.05) is 6.54 Å². The standard InChI is InChI=1S/C11H14ClN3O3S/c1-3-19-11-14-6-7(12)9(15-11)10(17)13-5-4-8(16)18-2/h6H,3-5H2,1-2H3,(H,13,17). The van der Waals surface area contributed by atoms with Crippen LogP contribution in [0.15, 0.2) is 11.4 Å². The van der Waals surface area contributed by atoms with E-state index in [0.29, 0.717) is 5.16 Å². The topological polar surface area (TPSA) is 81.2 Å². The second kappa shape index (κ2) is 7.96. The number of ether oxygens (including phenoxy) is 1. The van der Waals surface area contributed by atoms with Crippen LogP contribution >= 0.6 is 23.4 Å². The normalized spacial score (nSPS) is 10.1. The summed E-state index contributed by atoms with van der Waals surface area (Å²) in [6.07, 6.45) is 1.49. The lowest BCUT2D eigenvalue weighted by atomic mass is 10.3. The monoisotopic (exact) mass is 303 g/mol. The van der Waals surface area contributed by atoms with Crippen molar-refractivity contribution < 1.29 is 14.3 Å². The van der Waals surface area contributed by atoms with Crippen LogP contribution < -0.4 is 5.32 Å². The SMILES string of the molecule is CCSc1ncc(Cl)c(C(=O)NCCC(=O)OC)n1. The maximum absolute atomic E-state index is 11.8. The number of methoxy groups -OCH3 is 1. The summed E-state index contributed by atoms with van der Waals surface area (Å²) in [4.78, 5) is 30.8. The highest BCUT2D eigenvalue weighted by atomic mass is 35.5. The molecule has 6 nitrogen and oxygen atoms in total. The Morgan fingerprint density at radius 3 is 2.89 bits per heavy atom. The molecule has 1 aromatic heterocycles. The lowest BCUT2D eigenvalue weighted by Gasteiger charge is -2.06. The van der Waals surface area contributed by atoms with Crippen molar-refractivity contribution in [1.82, 2.24) is 15.3 Å². The third-order valence-electron chi connectivity index (χ3n) is 2.05. The molecule has 0 fully saturated rings. The molecule has 0 spiro atoms. The van der Waals surface area contributed by atoms with Crippen molar-refractivity contribution in [2.24, 2.45) is 0 Å². The minimum absolute atomic E-state index is 0.0987. The van der Waals surface area contributed by atoms with Crippen LogP contribution in [0.25, 0.3) is 0 Å². The van der Waals surface area contributed by atoms with E-state index in [-0.39, 0.29) is 23.7 Å². The van der Waals surface area contributed by atoms with Gasteiger partial charge in [-0.1, -0.05) is 30.3 Å². The van der Waals surface area contributed by atoms with E-state index in [4.69, 9.17) is 11.6 Å². The summed E-state index contributed by atoms with van der Waals surface area (Å²) in [6.45, 7) is 2.13. The molecule has 1 heterocycles. The number of hydrogen-bond donors (Lipinski definition) is 1. The lowest BCUT2D eigenvalue weighted by molar-refractivity contribution is -0.140. The molecule has 0 aromatic carbocycles. The number of amides is 1. The molecule has 0 radical (unpaired) electrons. The van der Waals surface area contributed by atoms with Crippen LogP contribution in [0.2, 0.25) is 5.02 Å². The molecule has 104 valence electrons. The zero-order valence-electron chi connectivity index (χ0n) is 10.6. The number of carbonyl (C=O) groups is 2. The second-order valence-electron chi connectivity index (χ2n) is 3.36. The summed E-state index contributed by atoms with van der Waals surface area (Å²) in [5, 5.41) is 3.22. The van der Waals surface area contributed by atoms with Gasteiger partial charge in [0.15, 0.2) is 10.9 Å². The van der Waals surface area contributed by atoms with Gasteiger partial charge in [-0.2, -0.15) is 0 Å². The number of esters is 1. The van der Waals surface area contributed by atoms with Gasteiger partial charge in [-0.15, -0.1) is 0 Å². The van der Waals surface area contributed by atoms with Crippen molar-refractivity contribution in [2.75, 3.05) is 19.4 Å². The van der Waals surface area contributed by atoms with Crippen molar-refractivity contribution in [3.8, 4) is 0 Å². The maximum atomic E-state index is 11.8. The maximum Gasteiger partial charge on any atom is 0.307 e. The summed E-state index contributed by atoms with van der Waals surface area (Å²) in [6, 6.07) is 0. The summed E-state index contributed by atoms with van der Waals surface area (Å²) >= 11 is 7.29. The molecule has 0 unspecified atom stereocenters. The van der Waals surface area contributed by atoms with Crippen molar-refractivity contribution >= 4 is 35.2 Å². The Bertz CT molecular complexity index is 470. The Hall–Kier alpha value is -1.34. The number of hydrogen-bond acceptors (Lipinski definition) is 6. The molecule has 0 aliphatic carbocycles. The zero-order chi connectivity index (χ0) is 14.3. The predicted octanol–water partition coefficient (Wildman–Crippen LogP) is 1.53. The number of halogens is 1. The number of thioether (sulfide) groups is 1. The van der Waals surface area contributed by atoms with Crippen LogP contribution in [0, 0.1) is 0 Å². The molecule has 8 heteroatoms. The first-order valence-corrected chi connectivity index (χ1v) is 6.95. The fraction of sp³-hybridized carbons (Fsp3) is 0.455. The van der Waals surface area contributed by atoms with Gasteiger partial charge >= 0.3 is 5.97 Å². The van der Waals surface area contributed by atoms with Gasteiger partial charge in [-0.3, -0.25) is 9.59 Å². The molecule has 0 atom stereocenters. The highest BCUT2D eigenvalue weighted by molar-refractivity contribution is 7.99. The number of rotatable bonds is 6. The summed E-state index contributed by atoms with van der Waals surface area (Å²) < 4.78 is 4.47. The van der Waals surface area contributed by atoms with E-state index >= 15 is 0 Å². The van der Waals surface area contributed by atoms with E-state index in [1.54, 1.807) is 0 Å². The molecular formula is C11H14ClN3O3S. The Balaban J connectivity index is 2.65. The molecule has 19 heavy (non-hydrogen) atoms. The number of aromatic nitrogens is 2. The largest absolute Gasteiger partial charge is 0.469 e. The number of nitrogens with zero attached hydrogens (tertiary/aromatic N) is 2. The highest BCUT2D eigenvalue weighted by Gasteiger charge is 2.14. The van der Waals surface area contributed by atoms with E-state index in [1.165, 1.54) is 25.1 Å². The molecule has 1 N–H and O–H groups in total. The predicted molar refractivity (Wildman–Crippen MR) is 72.4 cm³/mol. The molecular weight excluding hydrogens is 290 g/mol. The van der Waals surface area contributed by atoms with Gasteiger partial charge in [0.05, 0.1) is 24.8 Å². The first-order valence-electron chi connectivity index (χ1n) is 5.58. The summed E-state index contributed by atoms with van der Waals surface area (Å²) in [7, 11) is 1.29. The van der Waals surface area contributed by atoms with E-state index in [1.807, 2.05) is 6.92 Å². The quantitative estimate of drug-likeness (QED) is 0.488. The van der Waals surface area contributed by atoms with E-state index in [9.17, 15) is 9.59 Å². The molecule has 0 aliphatic heterocycles. The first-order chi connectivity index (χ1) is 9.08. The van der Waals surface area contributed by atoms with Crippen molar-refractivity contribution in [1.29, 1.82) is 0 Å². The van der Waals surface area contributed by atoms with Crippen LogP contribution in [-0.2, 0) is 9.53 Å². The van der Waals surface area contributed by atoms with Crippen LogP contribution in [0.5, 0.6) is 0 Å². The van der Waals surface area contributed by atoms with E-state index < -0.39 is 11.9 Å².